The molecule has 0 spiro atoms. The smallest absolute Gasteiger partial charge is 0.208 e. The molecule has 5 heteroatoms. The molecule has 0 aliphatic heterocycles. The third kappa shape index (κ3) is 2.75. The molecule has 0 fully saturated rings. The first-order valence-corrected chi connectivity index (χ1v) is 4.96. The number of aromatic nitrogens is 3. The van der Waals surface area contributed by atoms with Crippen molar-refractivity contribution in [3.05, 3.63) is 11.9 Å². The Bertz CT molecular complexity index is 223. The molecule has 1 N–H and O–H groups in total. The second kappa shape index (κ2) is 5.05. The Hall–Kier alpha value is -0.680. The highest BCUT2D eigenvalue weighted by Gasteiger charge is 1.96. The maximum absolute atomic E-state index is 4.11. The van der Waals surface area contributed by atoms with Gasteiger partial charge in [0.05, 0.1) is 11.9 Å². The van der Waals surface area contributed by atoms with Crippen molar-refractivity contribution in [2.45, 2.75) is 11.6 Å². The number of likely N-dealkylation sites (N-methyl/N-ethyl adjacent to an activating group) is 1. The fourth-order valence-corrected chi connectivity index (χ4v) is 1.03. The van der Waals surface area contributed by atoms with Gasteiger partial charge in [0.1, 0.15) is 0 Å². The van der Waals surface area contributed by atoms with Crippen molar-refractivity contribution >= 4 is 11.8 Å². The lowest BCUT2D eigenvalue weighted by Crippen LogP contribution is -2.11. The highest BCUT2D eigenvalue weighted by Crippen LogP contribution is 2.04. The van der Waals surface area contributed by atoms with Gasteiger partial charge in [0, 0.05) is 13.0 Å². The van der Waals surface area contributed by atoms with E-state index in [0.29, 0.717) is 0 Å². The van der Waals surface area contributed by atoms with Gasteiger partial charge in [0.2, 0.25) is 5.16 Å². The fourth-order valence-electron chi connectivity index (χ4n) is 0.750. The quantitative estimate of drug-likeness (QED) is 0.684. The third-order valence-electron chi connectivity index (χ3n) is 1.40. The molecule has 12 heavy (non-hydrogen) atoms. The molecule has 0 saturated carbocycles. The Balaban J connectivity index is 2.53. The molecule has 0 aliphatic rings. The van der Waals surface area contributed by atoms with Gasteiger partial charge in [-0.3, -0.25) is 0 Å². The second-order valence-corrected chi connectivity index (χ2v) is 3.06. The average Bonchev–Trinajstić information content (AvgIpc) is 2.15. The number of nitrogens with zero attached hydrogens (tertiary/aromatic N) is 3. The van der Waals surface area contributed by atoms with Gasteiger partial charge in [-0.15, -0.1) is 5.10 Å². The van der Waals surface area contributed by atoms with Crippen molar-refractivity contribution in [2.75, 3.05) is 19.8 Å². The van der Waals surface area contributed by atoms with Crippen molar-refractivity contribution in [1.82, 2.24) is 20.5 Å². The molecule has 0 unspecified atom stereocenters. The van der Waals surface area contributed by atoms with Gasteiger partial charge in [-0.05, 0) is 13.3 Å². The van der Waals surface area contributed by atoms with Crippen LogP contribution >= 0.6 is 11.8 Å². The summed E-state index contributed by atoms with van der Waals surface area (Å²) in [6.45, 7) is 0.912. The van der Waals surface area contributed by atoms with E-state index in [4.69, 9.17) is 0 Å². The summed E-state index contributed by atoms with van der Waals surface area (Å²) in [6, 6.07) is 0. The maximum Gasteiger partial charge on any atom is 0.208 e. The summed E-state index contributed by atoms with van der Waals surface area (Å²) in [5.74, 6) is 0. The maximum atomic E-state index is 4.11. The first-order chi connectivity index (χ1) is 5.86. The monoisotopic (exact) mass is 184 g/mol. The summed E-state index contributed by atoms with van der Waals surface area (Å²) < 4.78 is 0. The van der Waals surface area contributed by atoms with Crippen molar-refractivity contribution in [3.63, 3.8) is 0 Å². The van der Waals surface area contributed by atoms with Crippen LogP contribution in [0.5, 0.6) is 0 Å². The van der Waals surface area contributed by atoms with Crippen LogP contribution in [0.15, 0.2) is 11.4 Å². The number of hydrogen-bond donors (Lipinski definition) is 1. The van der Waals surface area contributed by atoms with E-state index in [-0.39, 0.29) is 0 Å². The van der Waals surface area contributed by atoms with Gasteiger partial charge in [0.25, 0.3) is 0 Å². The van der Waals surface area contributed by atoms with Crippen LogP contribution in [0.25, 0.3) is 0 Å². The molecule has 0 atom stereocenters. The molecule has 1 rings (SSSR count). The van der Waals surface area contributed by atoms with Crippen LogP contribution in [0.3, 0.4) is 0 Å². The summed E-state index contributed by atoms with van der Waals surface area (Å²) in [6.07, 6.45) is 4.59. The molecule has 0 radical (unpaired) electrons. The third-order valence-corrected chi connectivity index (χ3v) is 1.95. The summed E-state index contributed by atoms with van der Waals surface area (Å²) in [5, 5.41) is 11.7. The number of hydrogen-bond acceptors (Lipinski definition) is 5. The number of thioether (sulfide) groups is 1. The minimum Gasteiger partial charge on any atom is -0.319 e. The topological polar surface area (TPSA) is 50.7 Å². The van der Waals surface area contributed by atoms with Crippen molar-refractivity contribution in [2.24, 2.45) is 0 Å². The van der Waals surface area contributed by atoms with Crippen molar-refractivity contribution < 1.29 is 0 Å². The molecule has 0 saturated heterocycles. The van der Waals surface area contributed by atoms with E-state index in [1.165, 1.54) is 11.8 Å². The Labute approximate surface area is 76.2 Å². The van der Waals surface area contributed by atoms with Gasteiger partial charge in [-0.25, -0.2) is 4.98 Å². The molecular weight excluding hydrogens is 172 g/mol. The number of nitrogens with one attached hydrogen (secondary N) is 1. The molecule has 0 aliphatic carbocycles. The minimum absolute atomic E-state index is 0.725. The minimum atomic E-state index is 0.725. The Morgan fingerprint density at radius 1 is 1.50 bits per heavy atom. The van der Waals surface area contributed by atoms with Gasteiger partial charge < -0.3 is 5.32 Å². The average molecular weight is 184 g/mol. The van der Waals surface area contributed by atoms with Gasteiger partial charge in [-0.2, -0.15) is 5.10 Å². The highest BCUT2D eigenvalue weighted by atomic mass is 32.2. The van der Waals surface area contributed by atoms with Crippen LogP contribution in [-0.2, 0) is 6.42 Å². The van der Waals surface area contributed by atoms with Gasteiger partial charge in [-0.1, -0.05) is 11.8 Å². The molecule has 66 valence electrons. The number of rotatable bonds is 4. The van der Waals surface area contributed by atoms with E-state index in [9.17, 15) is 0 Å². The molecule has 4 nitrogen and oxygen atoms in total. The SMILES string of the molecule is CNCCc1cnc(SC)nn1. The summed E-state index contributed by atoms with van der Waals surface area (Å²) in [4.78, 5) is 4.11. The van der Waals surface area contributed by atoms with Gasteiger partial charge >= 0.3 is 0 Å². The van der Waals surface area contributed by atoms with E-state index in [1.807, 2.05) is 13.3 Å². The van der Waals surface area contributed by atoms with E-state index >= 15 is 0 Å². The summed E-state index contributed by atoms with van der Waals surface area (Å²) in [5.41, 5.74) is 0.933. The van der Waals surface area contributed by atoms with Crippen molar-refractivity contribution in [3.8, 4) is 0 Å². The molecule has 0 amide bonds. The van der Waals surface area contributed by atoms with E-state index in [0.717, 1.165) is 23.8 Å². The van der Waals surface area contributed by atoms with Crippen LogP contribution in [-0.4, -0.2) is 35.0 Å². The van der Waals surface area contributed by atoms with Crippen LogP contribution in [0.2, 0.25) is 0 Å². The zero-order valence-electron chi connectivity index (χ0n) is 7.24. The van der Waals surface area contributed by atoms with Crippen LogP contribution in [0, 0.1) is 0 Å². The zero-order chi connectivity index (χ0) is 8.81. The first-order valence-electron chi connectivity index (χ1n) is 3.74. The fraction of sp³-hybridized carbons (Fsp3) is 0.571. The summed E-state index contributed by atoms with van der Waals surface area (Å²) >= 11 is 1.50. The second-order valence-electron chi connectivity index (χ2n) is 2.29. The lowest BCUT2D eigenvalue weighted by atomic mass is 10.3. The molecular formula is C7H12N4S. The Morgan fingerprint density at radius 2 is 2.33 bits per heavy atom. The molecule has 0 bridgehead atoms. The largest absolute Gasteiger partial charge is 0.319 e. The normalized spacial score (nSPS) is 10.2. The van der Waals surface area contributed by atoms with Crippen LogP contribution in [0.1, 0.15) is 5.69 Å². The molecule has 1 heterocycles. The van der Waals surface area contributed by atoms with E-state index in [1.54, 1.807) is 6.20 Å². The van der Waals surface area contributed by atoms with Crippen molar-refractivity contribution in [1.29, 1.82) is 0 Å². The predicted octanol–water partition coefficient (Wildman–Crippen LogP) is 0.355. The highest BCUT2D eigenvalue weighted by molar-refractivity contribution is 7.98. The predicted molar refractivity (Wildman–Crippen MR) is 49.2 cm³/mol. The van der Waals surface area contributed by atoms with E-state index in [2.05, 4.69) is 20.5 Å². The standard InChI is InChI=1S/C7H12N4S/c1-8-4-3-6-5-9-7(12-2)11-10-6/h5,8H,3-4H2,1-2H3. The lowest BCUT2D eigenvalue weighted by molar-refractivity contribution is 0.727. The van der Waals surface area contributed by atoms with Crippen LogP contribution in [0.4, 0.5) is 0 Å². The van der Waals surface area contributed by atoms with Gasteiger partial charge in [0.15, 0.2) is 0 Å². The Morgan fingerprint density at radius 3 is 2.83 bits per heavy atom. The lowest BCUT2D eigenvalue weighted by Gasteiger charge is -1.98. The molecule has 1 aromatic rings. The summed E-state index contributed by atoms with van der Waals surface area (Å²) in [7, 11) is 1.91. The molecule has 0 aromatic carbocycles. The Kier molecular flexibility index (Phi) is 3.96. The van der Waals surface area contributed by atoms with E-state index < -0.39 is 0 Å². The zero-order valence-corrected chi connectivity index (χ0v) is 8.06. The molecule has 1 aromatic heterocycles. The first kappa shape index (κ1) is 9.41. The van der Waals surface area contributed by atoms with Crippen LogP contribution < -0.4 is 5.32 Å².